The van der Waals surface area contributed by atoms with Gasteiger partial charge in [0.1, 0.15) is 5.76 Å². The van der Waals surface area contributed by atoms with Gasteiger partial charge in [0.25, 0.3) is 0 Å². The number of aryl methyl sites for hydroxylation is 1. The standard InChI is InChI=1S/C19H21NO6S.Na.H/c1-13-15(6-8-23-7-2-3-9-27-11-18(21)22)20-19(26-13)14-4-5-16-17(10-14)25-12-24-16;;/h2-5,10H,6-9,11-12H2,1H3,(H,21,22);;/q;+1;-1. The molecular formula is C19H22NNaO6S. The van der Waals surface area contributed by atoms with E-state index in [1.54, 1.807) is 0 Å². The largest absolute Gasteiger partial charge is 1.00 e. The molecule has 146 valence electrons. The van der Waals surface area contributed by atoms with Crippen LogP contribution in [0.25, 0.3) is 11.5 Å². The third-order valence-electron chi connectivity index (χ3n) is 3.82. The van der Waals surface area contributed by atoms with Crippen LogP contribution in [0.2, 0.25) is 0 Å². The molecule has 28 heavy (non-hydrogen) atoms. The first-order valence-corrected chi connectivity index (χ1v) is 9.67. The monoisotopic (exact) mass is 415 g/mol. The van der Waals surface area contributed by atoms with E-state index in [0.29, 0.717) is 37.0 Å². The topological polar surface area (TPSA) is 91.0 Å². The third-order valence-corrected chi connectivity index (χ3v) is 4.69. The molecule has 0 radical (unpaired) electrons. The summed E-state index contributed by atoms with van der Waals surface area (Å²) in [5.74, 6) is 2.72. The fourth-order valence-corrected chi connectivity index (χ4v) is 3.05. The number of carbonyl (C=O) groups is 1. The Morgan fingerprint density at radius 2 is 2.18 bits per heavy atom. The molecule has 0 amide bonds. The van der Waals surface area contributed by atoms with Gasteiger partial charge in [-0.05, 0) is 25.1 Å². The number of hydrogen-bond donors (Lipinski definition) is 1. The molecule has 1 aliphatic heterocycles. The zero-order chi connectivity index (χ0) is 19.1. The van der Waals surface area contributed by atoms with E-state index < -0.39 is 5.97 Å². The molecule has 0 saturated heterocycles. The van der Waals surface area contributed by atoms with Crippen LogP contribution in [-0.2, 0) is 16.0 Å². The molecule has 0 unspecified atom stereocenters. The summed E-state index contributed by atoms with van der Waals surface area (Å²) in [6.07, 6.45) is 4.46. The van der Waals surface area contributed by atoms with Gasteiger partial charge in [-0.1, -0.05) is 12.2 Å². The van der Waals surface area contributed by atoms with Crippen molar-refractivity contribution < 1.29 is 59.5 Å². The van der Waals surface area contributed by atoms with E-state index in [-0.39, 0.29) is 43.5 Å². The minimum Gasteiger partial charge on any atom is -1.00 e. The average Bonchev–Trinajstić information content (AvgIpc) is 3.26. The second-order valence-corrected chi connectivity index (χ2v) is 6.83. The number of carboxylic acids is 1. The number of hydrogen-bond acceptors (Lipinski definition) is 7. The van der Waals surface area contributed by atoms with Crippen LogP contribution in [0.3, 0.4) is 0 Å². The minimum absolute atomic E-state index is 0. The van der Waals surface area contributed by atoms with Crippen molar-refractivity contribution in [3.05, 3.63) is 41.8 Å². The number of nitrogens with zero attached hydrogens (tertiary/aromatic N) is 1. The van der Waals surface area contributed by atoms with Crippen molar-refractivity contribution in [2.24, 2.45) is 0 Å². The molecule has 0 spiro atoms. The minimum atomic E-state index is -0.798. The molecule has 0 fully saturated rings. The Morgan fingerprint density at radius 3 is 3.00 bits per heavy atom. The van der Waals surface area contributed by atoms with Crippen LogP contribution in [0.1, 0.15) is 12.9 Å². The van der Waals surface area contributed by atoms with E-state index in [1.807, 2.05) is 37.3 Å². The first kappa shape index (κ1) is 22.8. The molecule has 7 nitrogen and oxygen atoms in total. The Balaban J connectivity index is 0.00000210. The summed E-state index contributed by atoms with van der Waals surface area (Å²) >= 11 is 1.35. The number of ether oxygens (including phenoxy) is 3. The summed E-state index contributed by atoms with van der Waals surface area (Å²) in [6, 6.07) is 5.61. The Labute approximate surface area is 191 Å². The van der Waals surface area contributed by atoms with E-state index in [0.717, 1.165) is 22.8 Å². The van der Waals surface area contributed by atoms with Crippen molar-refractivity contribution in [2.75, 3.05) is 31.5 Å². The molecular weight excluding hydrogens is 393 g/mol. The SMILES string of the molecule is Cc1oc(-c2ccc3c(c2)OCO3)nc1CCOCC=CCSCC(=O)O.[H-].[Na+]. The molecule has 9 heteroatoms. The zero-order valence-electron chi connectivity index (χ0n) is 17.0. The van der Waals surface area contributed by atoms with Gasteiger partial charge < -0.3 is 25.2 Å². The molecule has 1 N–H and O–H groups in total. The molecule has 0 saturated carbocycles. The van der Waals surface area contributed by atoms with Crippen molar-refractivity contribution >= 4 is 17.7 Å². The predicted octanol–water partition coefficient (Wildman–Crippen LogP) is 0.428. The van der Waals surface area contributed by atoms with Gasteiger partial charge in [0, 0.05) is 17.7 Å². The number of fused-ring (bicyclic) bond motifs is 1. The van der Waals surface area contributed by atoms with E-state index >= 15 is 0 Å². The van der Waals surface area contributed by atoms with Crippen LogP contribution in [0, 0.1) is 6.92 Å². The first-order chi connectivity index (χ1) is 13.1. The predicted molar refractivity (Wildman–Crippen MR) is 103 cm³/mol. The van der Waals surface area contributed by atoms with Crippen molar-refractivity contribution in [1.82, 2.24) is 4.98 Å². The van der Waals surface area contributed by atoms with Crippen LogP contribution in [-0.4, -0.2) is 47.6 Å². The van der Waals surface area contributed by atoms with Gasteiger partial charge in [0.05, 0.1) is 24.7 Å². The number of aromatic nitrogens is 1. The average molecular weight is 415 g/mol. The van der Waals surface area contributed by atoms with Gasteiger partial charge in [0.2, 0.25) is 12.7 Å². The van der Waals surface area contributed by atoms with E-state index in [9.17, 15) is 4.79 Å². The van der Waals surface area contributed by atoms with Crippen LogP contribution >= 0.6 is 11.8 Å². The maximum absolute atomic E-state index is 10.4. The molecule has 0 atom stereocenters. The van der Waals surface area contributed by atoms with Crippen LogP contribution in [0.5, 0.6) is 11.5 Å². The van der Waals surface area contributed by atoms with Gasteiger partial charge in [-0.15, -0.1) is 11.8 Å². The Kier molecular flexibility index (Phi) is 9.40. The Hall–Kier alpha value is -1.45. The van der Waals surface area contributed by atoms with E-state index in [1.165, 1.54) is 11.8 Å². The van der Waals surface area contributed by atoms with Crippen molar-refractivity contribution in [2.45, 2.75) is 13.3 Å². The zero-order valence-corrected chi connectivity index (χ0v) is 18.8. The first-order valence-electron chi connectivity index (χ1n) is 8.52. The summed E-state index contributed by atoms with van der Waals surface area (Å²) in [4.78, 5) is 14.9. The van der Waals surface area contributed by atoms with Crippen molar-refractivity contribution in [1.29, 1.82) is 0 Å². The molecule has 1 aromatic heterocycles. The van der Waals surface area contributed by atoms with Crippen molar-refractivity contribution in [3.8, 4) is 23.0 Å². The smallest absolute Gasteiger partial charge is 1.00 e. The molecule has 1 aromatic carbocycles. The van der Waals surface area contributed by atoms with Crippen LogP contribution in [0.4, 0.5) is 0 Å². The Morgan fingerprint density at radius 1 is 1.36 bits per heavy atom. The number of carboxylic acid groups (broad SMARTS) is 1. The van der Waals surface area contributed by atoms with Gasteiger partial charge in [-0.2, -0.15) is 0 Å². The fraction of sp³-hybridized carbons (Fsp3) is 0.368. The van der Waals surface area contributed by atoms with Crippen LogP contribution in [0.15, 0.2) is 34.8 Å². The molecule has 3 rings (SSSR count). The summed E-state index contributed by atoms with van der Waals surface area (Å²) in [5.41, 5.74) is 1.71. The molecule has 0 aliphatic carbocycles. The van der Waals surface area contributed by atoms with Gasteiger partial charge >= 0.3 is 35.5 Å². The summed E-state index contributed by atoms with van der Waals surface area (Å²) in [5, 5.41) is 8.54. The third kappa shape index (κ3) is 6.56. The van der Waals surface area contributed by atoms with Gasteiger partial charge in [-0.3, -0.25) is 4.79 Å². The molecule has 2 aromatic rings. The van der Waals surface area contributed by atoms with Crippen LogP contribution < -0.4 is 39.0 Å². The Bertz CT molecular complexity index is 829. The van der Waals surface area contributed by atoms with Gasteiger partial charge in [-0.25, -0.2) is 4.98 Å². The molecule has 0 bridgehead atoms. The number of rotatable bonds is 10. The normalized spacial score (nSPS) is 12.3. The maximum atomic E-state index is 10.4. The second-order valence-electron chi connectivity index (χ2n) is 5.80. The second kappa shape index (κ2) is 11.5. The maximum Gasteiger partial charge on any atom is 1.00 e. The van der Waals surface area contributed by atoms with Gasteiger partial charge in [0.15, 0.2) is 11.5 Å². The number of thioether (sulfide) groups is 1. The number of aliphatic carboxylic acids is 1. The van der Waals surface area contributed by atoms with E-state index in [2.05, 4.69) is 4.98 Å². The fourth-order valence-electron chi connectivity index (χ4n) is 2.48. The number of benzene rings is 1. The summed E-state index contributed by atoms with van der Waals surface area (Å²) in [7, 11) is 0. The number of oxazole rings is 1. The van der Waals surface area contributed by atoms with Crippen molar-refractivity contribution in [3.63, 3.8) is 0 Å². The quantitative estimate of drug-likeness (QED) is 0.339. The summed E-state index contributed by atoms with van der Waals surface area (Å²) < 4.78 is 22.0. The molecule has 2 heterocycles. The molecule has 1 aliphatic rings. The van der Waals surface area contributed by atoms with E-state index in [4.69, 9.17) is 23.7 Å². The summed E-state index contributed by atoms with van der Waals surface area (Å²) in [6.45, 7) is 3.14.